The topological polar surface area (TPSA) is 154 Å². The number of alkyl carbamates (subject to hydrolysis) is 1. The van der Waals surface area contributed by atoms with Gasteiger partial charge in [0.15, 0.2) is 0 Å². The minimum atomic E-state index is -3.27. The molecular weight excluding hydrogens is 837 g/mol. The Morgan fingerprint density at radius 2 is 1.46 bits per heavy atom. The lowest BCUT2D eigenvalue weighted by Gasteiger charge is -2.27. The van der Waals surface area contributed by atoms with Crippen LogP contribution in [0.3, 0.4) is 0 Å². The van der Waals surface area contributed by atoms with Gasteiger partial charge in [-0.1, -0.05) is 57.9 Å². The van der Waals surface area contributed by atoms with Gasteiger partial charge in [-0.15, -0.1) is 0 Å². The van der Waals surface area contributed by atoms with Gasteiger partial charge in [0.1, 0.15) is 17.7 Å². The fraction of sp³-hybridized carbons (Fsp3) is 0.488. The molecular formula is C41H57F2N7O5S4. The highest BCUT2D eigenvalue weighted by Crippen LogP contribution is 2.52. The zero-order valence-electron chi connectivity index (χ0n) is 33.7. The first-order valence-corrected chi connectivity index (χ1v) is 19.3. The van der Waals surface area contributed by atoms with Gasteiger partial charge in [0.25, 0.3) is 5.92 Å². The molecule has 3 aliphatic rings. The molecule has 2 aromatic heterocycles. The van der Waals surface area contributed by atoms with Crippen molar-refractivity contribution in [1.29, 1.82) is 0 Å². The van der Waals surface area contributed by atoms with Crippen molar-refractivity contribution in [2.45, 2.75) is 89.8 Å². The number of hydrogen-bond acceptors (Lipinski definition) is 7. The van der Waals surface area contributed by atoms with Gasteiger partial charge in [0, 0.05) is 47.9 Å². The molecule has 12 nitrogen and oxygen atoms in total. The van der Waals surface area contributed by atoms with Gasteiger partial charge in [-0.05, 0) is 61.3 Å². The maximum absolute atomic E-state index is 16.4. The van der Waals surface area contributed by atoms with E-state index in [-0.39, 0.29) is 94.8 Å². The third kappa shape index (κ3) is 10.4. The van der Waals surface area contributed by atoms with E-state index in [4.69, 9.17) is 9.47 Å². The average Bonchev–Trinajstić information content (AvgIpc) is 4.00. The number of ether oxygens (including phenoxy) is 2. The number of alkyl halides is 2. The van der Waals surface area contributed by atoms with E-state index in [9.17, 15) is 14.4 Å². The molecule has 4 N–H and O–H groups in total. The van der Waals surface area contributed by atoms with E-state index >= 15 is 8.78 Å². The van der Waals surface area contributed by atoms with E-state index in [0.717, 1.165) is 32.1 Å². The summed E-state index contributed by atoms with van der Waals surface area (Å²) in [7, 11) is 1.25. The fourth-order valence-electron chi connectivity index (χ4n) is 7.78. The van der Waals surface area contributed by atoms with Crippen LogP contribution in [0, 0.1) is 11.8 Å². The first-order chi connectivity index (χ1) is 26.5. The number of methoxy groups -OCH3 is 1. The van der Waals surface area contributed by atoms with Crippen LogP contribution in [0.5, 0.6) is 0 Å². The zero-order chi connectivity index (χ0) is 38.9. The van der Waals surface area contributed by atoms with Gasteiger partial charge in [-0.2, -0.15) is 62.8 Å². The number of halogens is 2. The molecule has 4 atom stereocenters. The molecule has 2 aliphatic heterocycles. The van der Waals surface area contributed by atoms with Crippen molar-refractivity contribution in [3.63, 3.8) is 0 Å². The van der Waals surface area contributed by atoms with Gasteiger partial charge >= 0.3 is 6.09 Å². The lowest BCUT2D eigenvalue weighted by Crippen LogP contribution is -2.48. The minimum absolute atomic E-state index is 0. The predicted molar refractivity (Wildman–Crippen MR) is 243 cm³/mol. The highest BCUT2D eigenvalue weighted by molar-refractivity contribution is 7.59. The first-order valence-electron chi connectivity index (χ1n) is 19.3. The van der Waals surface area contributed by atoms with Crippen molar-refractivity contribution >= 4 is 71.9 Å². The number of carbonyl (C=O) groups excluding carboxylic acids is 3. The number of fused-ring (bicyclic) bond motifs is 3. The standard InChI is InChI=1S/C41H49F2N7O5.4H2S/c1-23(2)24(3)39(52)50-16-8-10-35(50)37-45-22-34(47-37)26-12-14-28-27-13-11-25(19-29(27)41(42,43)30(28)20-26)33-21-44-36(46-33)31-15-18-55-17-7-5-6-9-32(38(51)48-31)49-40(53)54-4;;;;/h11-14,19-24,31-32,35H,5-10,15-18H2,1-4H3,(H,44,46)(H,45,47)(H,48,51)(H,49,53);4*1H2/t24-,31-,32-,35-;;;;/m0..../s1. The molecule has 3 amide bonds. The van der Waals surface area contributed by atoms with Crippen LogP contribution in [-0.4, -0.2) is 75.7 Å². The van der Waals surface area contributed by atoms with Crippen LogP contribution in [0.1, 0.15) is 101 Å². The summed E-state index contributed by atoms with van der Waals surface area (Å²) in [4.78, 5) is 56.2. The smallest absolute Gasteiger partial charge is 0.407 e. The largest absolute Gasteiger partial charge is 0.453 e. The normalized spacial score (nSPS) is 20.4. The van der Waals surface area contributed by atoms with Crippen molar-refractivity contribution in [3.8, 4) is 33.6 Å². The highest BCUT2D eigenvalue weighted by atomic mass is 32.1. The van der Waals surface area contributed by atoms with Crippen molar-refractivity contribution in [1.82, 2.24) is 35.5 Å². The Labute approximate surface area is 372 Å². The second kappa shape index (κ2) is 21.2. The Morgan fingerprint density at radius 3 is 2.07 bits per heavy atom. The molecule has 0 bridgehead atoms. The van der Waals surface area contributed by atoms with Crippen LogP contribution in [-0.2, 0) is 25.0 Å². The Bertz CT molecular complexity index is 2070. The summed E-state index contributed by atoms with van der Waals surface area (Å²) in [6.07, 6.45) is 7.47. The van der Waals surface area contributed by atoms with Gasteiger partial charge < -0.3 is 35.0 Å². The molecule has 0 unspecified atom stereocenters. The SMILES string of the molecule is COC(=O)N[C@H]1CCCCCOCC[C@@H](c2ncc(-c3ccc4c(c3)C(F)(F)c3cc(-c5cnc([C@@H]6CCCN6C(=O)[C@@H](C)C(C)C)[nH]5)ccc3-4)[nH]2)NC1=O.S.S.S.S. The second-order valence-corrected chi connectivity index (χ2v) is 15.2. The van der Waals surface area contributed by atoms with Crippen molar-refractivity contribution in [3.05, 3.63) is 71.6 Å². The third-order valence-electron chi connectivity index (χ3n) is 11.3. The van der Waals surface area contributed by atoms with Gasteiger partial charge in [-0.3, -0.25) is 9.59 Å². The van der Waals surface area contributed by atoms with Crippen LogP contribution in [0.4, 0.5) is 13.6 Å². The first kappa shape index (κ1) is 49.7. The second-order valence-electron chi connectivity index (χ2n) is 15.2. The molecule has 0 radical (unpaired) electrons. The van der Waals surface area contributed by atoms with Gasteiger partial charge in [-0.25, -0.2) is 14.8 Å². The number of H-pyrrole nitrogens is 2. The number of rotatable bonds is 7. The minimum Gasteiger partial charge on any atom is -0.453 e. The summed E-state index contributed by atoms with van der Waals surface area (Å²) in [6, 6.07) is 8.51. The van der Waals surface area contributed by atoms with Crippen LogP contribution in [0.2, 0.25) is 0 Å². The van der Waals surface area contributed by atoms with Crippen LogP contribution in [0.15, 0.2) is 48.8 Å². The number of aromatic nitrogens is 4. The fourth-order valence-corrected chi connectivity index (χ4v) is 7.78. The number of imidazole rings is 2. The van der Waals surface area contributed by atoms with E-state index in [1.807, 2.05) is 31.7 Å². The number of amides is 3. The lowest BCUT2D eigenvalue weighted by molar-refractivity contribution is -0.137. The van der Waals surface area contributed by atoms with E-state index in [0.29, 0.717) is 77.9 Å². The number of nitrogens with zero attached hydrogens (tertiary/aromatic N) is 3. The van der Waals surface area contributed by atoms with E-state index in [1.165, 1.54) is 19.2 Å². The van der Waals surface area contributed by atoms with Crippen LogP contribution < -0.4 is 10.6 Å². The maximum Gasteiger partial charge on any atom is 0.407 e. The summed E-state index contributed by atoms with van der Waals surface area (Å²) < 4.78 is 43.3. The van der Waals surface area contributed by atoms with E-state index < -0.39 is 24.1 Å². The number of benzene rings is 2. The molecule has 18 heteroatoms. The highest BCUT2D eigenvalue weighted by Gasteiger charge is 2.45. The molecule has 1 aliphatic carbocycles. The number of nitrogens with one attached hydrogen (secondary N) is 4. The Kier molecular flexibility index (Phi) is 17.8. The molecule has 2 fully saturated rings. The molecule has 4 heterocycles. The molecule has 324 valence electrons. The Morgan fingerprint density at radius 1 is 0.847 bits per heavy atom. The molecule has 2 aromatic carbocycles. The summed E-state index contributed by atoms with van der Waals surface area (Å²) in [5, 5.41) is 5.61. The van der Waals surface area contributed by atoms with Crippen LogP contribution >= 0.6 is 54.0 Å². The lowest BCUT2D eigenvalue weighted by atomic mass is 9.96. The van der Waals surface area contributed by atoms with Crippen molar-refractivity contribution < 1.29 is 32.6 Å². The van der Waals surface area contributed by atoms with Crippen molar-refractivity contribution in [2.24, 2.45) is 11.8 Å². The third-order valence-corrected chi connectivity index (χ3v) is 11.3. The monoisotopic (exact) mass is 893 g/mol. The quantitative estimate of drug-likeness (QED) is 0.147. The van der Waals surface area contributed by atoms with Crippen molar-refractivity contribution in [2.75, 3.05) is 26.9 Å². The summed E-state index contributed by atoms with van der Waals surface area (Å²) in [5.74, 6) is -2.32. The predicted octanol–water partition coefficient (Wildman–Crippen LogP) is 7.86. The molecule has 59 heavy (non-hydrogen) atoms. The number of likely N-dealkylation sites (tertiary alicyclic amines) is 1. The van der Waals surface area contributed by atoms with Gasteiger partial charge in [0.05, 0.1) is 43.0 Å². The van der Waals surface area contributed by atoms with E-state index in [2.05, 4.69) is 30.6 Å². The molecule has 0 saturated carbocycles. The summed E-state index contributed by atoms with van der Waals surface area (Å²) in [6.45, 7) is 7.66. The number of aromatic amines is 2. The zero-order valence-corrected chi connectivity index (χ0v) is 37.7. The molecule has 4 aromatic rings. The Hall–Kier alpha value is -3.71. The number of carbonyl (C=O) groups is 3. The Balaban J connectivity index is 0.00000233. The van der Waals surface area contributed by atoms with E-state index in [1.54, 1.807) is 30.6 Å². The van der Waals surface area contributed by atoms with Gasteiger partial charge in [0.2, 0.25) is 11.8 Å². The maximum atomic E-state index is 16.4. The summed E-state index contributed by atoms with van der Waals surface area (Å²) in [5.41, 5.74) is 2.95. The average molecular weight is 894 g/mol. The summed E-state index contributed by atoms with van der Waals surface area (Å²) >= 11 is 0. The molecule has 0 spiro atoms. The molecule has 2 saturated heterocycles. The number of hydrogen-bond donors (Lipinski definition) is 4. The molecule has 7 rings (SSSR count). The van der Waals surface area contributed by atoms with Crippen LogP contribution in [0.25, 0.3) is 33.6 Å².